The molecular weight excluding hydrogens is 231 g/mol. The molecule has 1 aromatic carbocycles. The summed E-state index contributed by atoms with van der Waals surface area (Å²) in [6.07, 6.45) is 3.43. The maximum Gasteiger partial charge on any atom is 0.123 e. The van der Waals surface area contributed by atoms with Crippen molar-refractivity contribution in [2.75, 3.05) is 19.6 Å². The lowest BCUT2D eigenvalue weighted by molar-refractivity contribution is 0.161. The maximum atomic E-state index is 13.2. The highest BCUT2D eigenvalue weighted by atomic mass is 19.1. The van der Waals surface area contributed by atoms with Gasteiger partial charge in [0.25, 0.3) is 0 Å². The molecular formula is C14H21FN2O. The molecule has 0 radical (unpaired) electrons. The molecule has 18 heavy (non-hydrogen) atoms. The zero-order valence-corrected chi connectivity index (χ0v) is 10.6. The highest BCUT2D eigenvalue weighted by Gasteiger charge is 2.20. The summed E-state index contributed by atoms with van der Waals surface area (Å²) < 4.78 is 13.2. The van der Waals surface area contributed by atoms with Gasteiger partial charge in [-0.15, -0.1) is 0 Å². The van der Waals surface area contributed by atoms with Gasteiger partial charge in [-0.3, -0.25) is 4.90 Å². The Labute approximate surface area is 107 Å². The van der Waals surface area contributed by atoms with Crippen LogP contribution in [0.25, 0.3) is 0 Å². The fourth-order valence-corrected chi connectivity index (χ4v) is 2.69. The number of phenols is 1. The molecule has 0 amide bonds. The summed E-state index contributed by atoms with van der Waals surface area (Å²) in [7, 11) is 0. The first-order valence-corrected chi connectivity index (χ1v) is 6.59. The number of rotatable bonds is 4. The van der Waals surface area contributed by atoms with E-state index in [1.54, 1.807) is 0 Å². The Bertz CT molecular complexity index is 395. The maximum absolute atomic E-state index is 13.2. The second kappa shape index (κ2) is 6.16. The Balaban J connectivity index is 1.98. The molecule has 1 fully saturated rings. The number of halogens is 1. The highest BCUT2D eigenvalue weighted by molar-refractivity contribution is 5.32. The first kappa shape index (κ1) is 13.3. The summed E-state index contributed by atoms with van der Waals surface area (Å²) in [5.74, 6) is 0.523. The normalized spacial score (nSPS) is 21.1. The van der Waals surface area contributed by atoms with E-state index >= 15 is 0 Å². The van der Waals surface area contributed by atoms with E-state index in [4.69, 9.17) is 5.73 Å². The van der Waals surface area contributed by atoms with Crippen LogP contribution >= 0.6 is 0 Å². The molecule has 100 valence electrons. The van der Waals surface area contributed by atoms with Gasteiger partial charge in [0, 0.05) is 18.7 Å². The van der Waals surface area contributed by atoms with Crippen LogP contribution in [0, 0.1) is 11.7 Å². The molecule has 3 N–H and O–H groups in total. The van der Waals surface area contributed by atoms with Crippen molar-refractivity contribution in [3.63, 3.8) is 0 Å². The molecule has 1 heterocycles. The summed E-state index contributed by atoms with van der Waals surface area (Å²) in [4.78, 5) is 2.28. The van der Waals surface area contributed by atoms with Gasteiger partial charge >= 0.3 is 0 Å². The van der Waals surface area contributed by atoms with Gasteiger partial charge in [0.15, 0.2) is 0 Å². The van der Waals surface area contributed by atoms with Crippen molar-refractivity contribution in [2.24, 2.45) is 11.7 Å². The molecule has 1 saturated heterocycles. The van der Waals surface area contributed by atoms with Crippen molar-refractivity contribution >= 4 is 0 Å². The highest BCUT2D eigenvalue weighted by Crippen LogP contribution is 2.24. The third kappa shape index (κ3) is 3.43. The Morgan fingerprint density at radius 2 is 2.28 bits per heavy atom. The topological polar surface area (TPSA) is 49.5 Å². The van der Waals surface area contributed by atoms with E-state index in [1.807, 2.05) is 0 Å². The van der Waals surface area contributed by atoms with Crippen molar-refractivity contribution in [2.45, 2.75) is 25.8 Å². The van der Waals surface area contributed by atoms with Gasteiger partial charge in [0.2, 0.25) is 0 Å². The lowest BCUT2D eigenvalue weighted by Gasteiger charge is -2.32. The number of hydrogen-bond donors (Lipinski definition) is 2. The van der Waals surface area contributed by atoms with Crippen LogP contribution in [-0.4, -0.2) is 29.6 Å². The zero-order valence-electron chi connectivity index (χ0n) is 10.6. The van der Waals surface area contributed by atoms with E-state index < -0.39 is 0 Å². The predicted molar refractivity (Wildman–Crippen MR) is 69.7 cm³/mol. The third-order valence-corrected chi connectivity index (χ3v) is 3.61. The van der Waals surface area contributed by atoms with E-state index in [2.05, 4.69) is 4.90 Å². The van der Waals surface area contributed by atoms with Crippen LogP contribution in [0.4, 0.5) is 4.39 Å². The largest absolute Gasteiger partial charge is 0.508 e. The molecule has 1 aliphatic heterocycles. The summed E-state index contributed by atoms with van der Waals surface area (Å²) in [5.41, 5.74) is 6.26. The number of hydrogen-bond acceptors (Lipinski definition) is 3. The molecule has 1 aliphatic rings. The van der Waals surface area contributed by atoms with Crippen LogP contribution in [0.1, 0.15) is 24.8 Å². The quantitative estimate of drug-likeness (QED) is 0.862. The average Bonchev–Trinajstić information content (AvgIpc) is 2.35. The average molecular weight is 252 g/mol. The molecule has 1 aromatic rings. The van der Waals surface area contributed by atoms with Crippen LogP contribution in [0.15, 0.2) is 18.2 Å². The summed E-state index contributed by atoms with van der Waals surface area (Å²) in [6, 6.07) is 4.13. The molecule has 0 aromatic heterocycles. The van der Waals surface area contributed by atoms with E-state index in [0.717, 1.165) is 32.5 Å². The molecule has 4 heteroatoms. The number of likely N-dealkylation sites (tertiary alicyclic amines) is 1. The van der Waals surface area contributed by atoms with E-state index in [9.17, 15) is 9.50 Å². The monoisotopic (exact) mass is 252 g/mol. The second-order valence-corrected chi connectivity index (χ2v) is 5.09. The van der Waals surface area contributed by atoms with Crippen LogP contribution in [0.3, 0.4) is 0 Å². The summed E-state index contributed by atoms with van der Waals surface area (Å²) >= 11 is 0. The first-order chi connectivity index (χ1) is 8.69. The van der Waals surface area contributed by atoms with Crippen molar-refractivity contribution in [1.82, 2.24) is 4.90 Å². The van der Waals surface area contributed by atoms with Gasteiger partial charge < -0.3 is 10.8 Å². The standard InChI is InChI=1S/C14H21FN2O/c15-13-3-4-14(18)12(8-13)10-17-7-1-2-11(9-17)5-6-16/h3-4,8,11,18H,1-2,5-7,9-10,16H2. The van der Waals surface area contributed by atoms with E-state index in [0.29, 0.717) is 18.0 Å². The van der Waals surface area contributed by atoms with Gasteiger partial charge in [0.1, 0.15) is 11.6 Å². The Morgan fingerprint density at radius 1 is 1.44 bits per heavy atom. The lowest BCUT2D eigenvalue weighted by Crippen LogP contribution is -2.35. The molecule has 0 bridgehead atoms. The number of nitrogens with two attached hydrogens (primary N) is 1. The van der Waals surface area contributed by atoms with Crippen molar-refractivity contribution in [3.8, 4) is 5.75 Å². The zero-order chi connectivity index (χ0) is 13.0. The fourth-order valence-electron chi connectivity index (χ4n) is 2.69. The Hall–Kier alpha value is -1.13. The van der Waals surface area contributed by atoms with Gasteiger partial charge in [0.05, 0.1) is 0 Å². The molecule has 3 nitrogen and oxygen atoms in total. The number of piperidine rings is 1. The van der Waals surface area contributed by atoms with E-state index in [-0.39, 0.29) is 11.6 Å². The Kier molecular flexibility index (Phi) is 4.55. The van der Waals surface area contributed by atoms with Gasteiger partial charge in [-0.2, -0.15) is 0 Å². The second-order valence-electron chi connectivity index (χ2n) is 5.09. The minimum atomic E-state index is -0.293. The fraction of sp³-hybridized carbons (Fsp3) is 0.571. The third-order valence-electron chi connectivity index (χ3n) is 3.61. The van der Waals surface area contributed by atoms with Crippen molar-refractivity contribution in [1.29, 1.82) is 0 Å². The molecule has 1 unspecified atom stereocenters. The number of aromatic hydroxyl groups is 1. The number of nitrogens with zero attached hydrogens (tertiary/aromatic N) is 1. The first-order valence-electron chi connectivity index (χ1n) is 6.59. The van der Waals surface area contributed by atoms with E-state index in [1.165, 1.54) is 24.6 Å². The number of phenolic OH excluding ortho intramolecular Hbond substituents is 1. The van der Waals surface area contributed by atoms with Crippen LogP contribution in [0.5, 0.6) is 5.75 Å². The summed E-state index contributed by atoms with van der Waals surface area (Å²) in [6.45, 7) is 3.35. The summed E-state index contributed by atoms with van der Waals surface area (Å²) in [5, 5.41) is 9.72. The molecule has 2 rings (SSSR count). The smallest absolute Gasteiger partial charge is 0.123 e. The van der Waals surface area contributed by atoms with Gasteiger partial charge in [-0.1, -0.05) is 0 Å². The lowest BCUT2D eigenvalue weighted by atomic mass is 9.94. The molecule has 0 aliphatic carbocycles. The molecule has 1 atom stereocenters. The van der Waals surface area contributed by atoms with Crippen molar-refractivity contribution < 1.29 is 9.50 Å². The Morgan fingerprint density at radius 3 is 3.06 bits per heavy atom. The molecule has 0 saturated carbocycles. The predicted octanol–water partition coefficient (Wildman–Crippen LogP) is 2.09. The van der Waals surface area contributed by atoms with Crippen LogP contribution < -0.4 is 5.73 Å². The van der Waals surface area contributed by atoms with Crippen LogP contribution in [0.2, 0.25) is 0 Å². The van der Waals surface area contributed by atoms with Crippen molar-refractivity contribution in [3.05, 3.63) is 29.6 Å². The van der Waals surface area contributed by atoms with Gasteiger partial charge in [-0.25, -0.2) is 4.39 Å². The minimum absolute atomic E-state index is 0.178. The molecule has 0 spiro atoms. The van der Waals surface area contributed by atoms with Gasteiger partial charge in [-0.05, 0) is 56.5 Å². The SMILES string of the molecule is NCCC1CCCN(Cc2cc(F)ccc2O)C1. The van der Waals surface area contributed by atoms with Crippen LogP contribution in [-0.2, 0) is 6.54 Å². The minimum Gasteiger partial charge on any atom is -0.508 e. The number of benzene rings is 1.